The second-order valence-corrected chi connectivity index (χ2v) is 7.03. The van der Waals surface area contributed by atoms with Crippen LogP contribution < -0.4 is 8.37 Å². The molecule has 3 aromatic carbocycles. The Bertz CT molecular complexity index is 690. The molecule has 0 fully saturated rings. The minimum absolute atomic E-state index is 0.806. The van der Waals surface area contributed by atoms with E-state index in [1.807, 2.05) is 60.7 Å². The molecule has 0 atom stereocenters. The summed E-state index contributed by atoms with van der Waals surface area (Å²) >= 11 is 0. The smallest absolute Gasteiger partial charge is 0.197 e. The Morgan fingerprint density at radius 1 is 0.476 bits per heavy atom. The summed E-state index contributed by atoms with van der Waals surface area (Å²) < 4.78 is 12.7. The van der Waals surface area contributed by atoms with Crippen molar-refractivity contribution in [3.8, 4) is 11.5 Å². The van der Waals surface area contributed by atoms with Crippen LogP contribution in [-0.4, -0.2) is 0 Å². The van der Waals surface area contributed by atoms with Crippen LogP contribution in [0.2, 0.25) is 0 Å². The summed E-state index contributed by atoms with van der Waals surface area (Å²) in [7, 11) is -1.98. The third-order valence-electron chi connectivity index (χ3n) is 3.37. The molecule has 0 bridgehead atoms. The zero-order chi connectivity index (χ0) is 14.1. The van der Waals surface area contributed by atoms with Crippen molar-refractivity contribution in [2.75, 3.05) is 0 Å². The first-order valence-electron chi connectivity index (χ1n) is 6.80. The normalized spacial score (nSPS) is 16.4. The van der Waals surface area contributed by atoms with Gasteiger partial charge in [0.15, 0.2) is 11.5 Å². The highest BCUT2D eigenvalue weighted by molar-refractivity contribution is 8.26. The number of hydrogen-bond donors (Lipinski definition) is 0. The van der Waals surface area contributed by atoms with Crippen LogP contribution in [0, 0.1) is 0 Å². The van der Waals surface area contributed by atoms with E-state index in [0.717, 1.165) is 21.3 Å². The number of rotatable bonds is 2. The van der Waals surface area contributed by atoms with Crippen molar-refractivity contribution in [1.82, 2.24) is 0 Å². The third-order valence-corrected chi connectivity index (χ3v) is 5.98. The van der Waals surface area contributed by atoms with Crippen LogP contribution in [-0.2, 0) is 0 Å². The van der Waals surface area contributed by atoms with Crippen LogP contribution in [0.25, 0.3) is 0 Å². The van der Waals surface area contributed by atoms with Crippen molar-refractivity contribution < 1.29 is 8.37 Å². The lowest BCUT2D eigenvalue weighted by Crippen LogP contribution is -2.10. The Hall–Kier alpha value is -2.39. The van der Waals surface area contributed by atoms with Gasteiger partial charge in [0.25, 0.3) is 0 Å². The number of para-hydroxylation sites is 2. The van der Waals surface area contributed by atoms with Gasteiger partial charge in [0.1, 0.15) is 0 Å². The standard InChI is InChI=1S/C18H14O2S/c1-3-9-15(10-4-1)21(16-11-5-2-6-12-16)19-17-13-7-8-14-18(17)20-21/h1-14H. The van der Waals surface area contributed by atoms with Gasteiger partial charge in [-0.05, 0) is 36.4 Å². The van der Waals surface area contributed by atoms with Gasteiger partial charge in [-0.15, -0.1) is 0 Å². The summed E-state index contributed by atoms with van der Waals surface area (Å²) in [5, 5.41) is 0. The van der Waals surface area contributed by atoms with Crippen molar-refractivity contribution in [1.29, 1.82) is 0 Å². The molecule has 2 nitrogen and oxygen atoms in total. The Morgan fingerprint density at radius 2 is 0.857 bits per heavy atom. The van der Waals surface area contributed by atoms with E-state index < -0.39 is 10.6 Å². The number of fused-ring (bicyclic) bond motifs is 1. The Kier molecular flexibility index (Phi) is 2.86. The maximum Gasteiger partial charge on any atom is 0.197 e. The predicted octanol–water partition coefficient (Wildman–Crippen LogP) is 5.21. The zero-order valence-electron chi connectivity index (χ0n) is 11.3. The molecule has 0 unspecified atom stereocenters. The summed E-state index contributed by atoms with van der Waals surface area (Å²) in [6, 6.07) is 28.2. The van der Waals surface area contributed by atoms with E-state index in [1.54, 1.807) is 0 Å². The molecule has 0 saturated heterocycles. The highest BCUT2D eigenvalue weighted by Gasteiger charge is 2.36. The molecule has 1 heterocycles. The maximum absolute atomic E-state index is 6.33. The topological polar surface area (TPSA) is 18.5 Å². The maximum atomic E-state index is 6.33. The first-order valence-corrected chi connectivity index (χ1v) is 8.28. The molecule has 0 spiro atoms. The monoisotopic (exact) mass is 294 g/mol. The highest BCUT2D eigenvalue weighted by Crippen LogP contribution is 2.68. The van der Waals surface area contributed by atoms with Gasteiger partial charge in [0, 0.05) is 0 Å². The molecule has 0 N–H and O–H groups in total. The summed E-state index contributed by atoms with van der Waals surface area (Å²) in [5.41, 5.74) is 0. The largest absolute Gasteiger partial charge is 0.370 e. The molecule has 4 rings (SSSR count). The van der Waals surface area contributed by atoms with Crippen LogP contribution in [0.15, 0.2) is 94.7 Å². The van der Waals surface area contributed by atoms with E-state index >= 15 is 0 Å². The third kappa shape index (κ3) is 1.98. The van der Waals surface area contributed by atoms with Gasteiger partial charge in [-0.1, -0.05) is 59.1 Å². The van der Waals surface area contributed by atoms with Gasteiger partial charge in [-0.2, -0.15) is 0 Å². The van der Waals surface area contributed by atoms with E-state index in [0.29, 0.717) is 0 Å². The Balaban J connectivity index is 1.90. The molecule has 104 valence electrons. The lowest BCUT2D eigenvalue weighted by molar-refractivity contribution is 0.574. The minimum atomic E-state index is -1.98. The van der Waals surface area contributed by atoms with Crippen molar-refractivity contribution in [2.45, 2.75) is 9.79 Å². The van der Waals surface area contributed by atoms with Gasteiger partial charge < -0.3 is 8.37 Å². The Labute approximate surface area is 125 Å². The molecule has 0 aromatic heterocycles. The van der Waals surface area contributed by atoms with Crippen molar-refractivity contribution in [2.24, 2.45) is 0 Å². The summed E-state index contributed by atoms with van der Waals surface area (Å²) in [4.78, 5) is 2.12. The van der Waals surface area contributed by atoms with Gasteiger partial charge in [-0.25, -0.2) is 0 Å². The van der Waals surface area contributed by atoms with Gasteiger partial charge in [0.05, 0.1) is 9.79 Å². The molecule has 1 aliphatic heterocycles. The highest BCUT2D eigenvalue weighted by atomic mass is 32.3. The average Bonchev–Trinajstić information content (AvgIpc) is 2.97. The summed E-state index contributed by atoms with van der Waals surface area (Å²) in [5.74, 6) is 1.61. The molecule has 1 aliphatic rings. The fourth-order valence-electron chi connectivity index (χ4n) is 2.39. The van der Waals surface area contributed by atoms with Crippen LogP contribution in [0.4, 0.5) is 0 Å². The molecule has 21 heavy (non-hydrogen) atoms. The molecule has 3 aromatic rings. The van der Waals surface area contributed by atoms with Crippen molar-refractivity contribution in [3.63, 3.8) is 0 Å². The van der Waals surface area contributed by atoms with Crippen LogP contribution in [0.1, 0.15) is 0 Å². The van der Waals surface area contributed by atoms with E-state index in [4.69, 9.17) is 8.37 Å². The fraction of sp³-hybridized carbons (Fsp3) is 0. The summed E-state index contributed by atoms with van der Waals surface area (Å²) in [6.45, 7) is 0. The quantitative estimate of drug-likeness (QED) is 0.646. The van der Waals surface area contributed by atoms with E-state index in [9.17, 15) is 0 Å². The van der Waals surface area contributed by atoms with Gasteiger partial charge in [-0.3, -0.25) is 0 Å². The fourth-order valence-corrected chi connectivity index (χ4v) is 4.89. The van der Waals surface area contributed by atoms with Crippen molar-refractivity contribution in [3.05, 3.63) is 84.9 Å². The van der Waals surface area contributed by atoms with Gasteiger partial charge in [0.2, 0.25) is 0 Å². The molecule has 0 saturated carbocycles. The second-order valence-electron chi connectivity index (χ2n) is 4.74. The molecule has 3 heteroatoms. The molecular weight excluding hydrogens is 280 g/mol. The first-order chi connectivity index (χ1) is 10.4. The van der Waals surface area contributed by atoms with Gasteiger partial charge >= 0.3 is 0 Å². The van der Waals surface area contributed by atoms with Crippen LogP contribution in [0.3, 0.4) is 0 Å². The van der Waals surface area contributed by atoms with E-state index in [-0.39, 0.29) is 0 Å². The number of hydrogen-bond acceptors (Lipinski definition) is 2. The molecule has 0 radical (unpaired) electrons. The van der Waals surface area contributed by atoms with Crippen LogP contribution in [0.5, 0.6) is 11.5 Å². The second kappa shape index (κ2) is 4.86. The summed E-state index contributed by atoms with van der Waals surface area (Å²) in [6.07, 6.45) is 0. The first kappa shape index (κ1) is 12.4. The van der Waals surface area contributed by atoms with E-state index in [2.05, 4.69) is 24.3 Å². The lowest BCUT2D eigenvalue weighted by Gasteiger charge is -2.37. The zero-order valence-corrected chi connectivity index (χ0v) is 12.1. The van der Waals surface area contributed by atoms with Crippen LogP contribution >= 0.6 is 10.6 Å². The lowest BCUT2D eigenvalue weighted by atomic mass is 10.3. The van der Waals surface area contributed by atoms with E-state index in [1.165, 1.54) is 0 Å². The number of benzene rings is 3. The average molecular weight is 294 g/mol. The molecule has 0 amide bonds. The Morgan fingerprint density at radius 3 is 1.29 bits per heavy atom. The SMILES string of the molecule is c1ccc(S2(c3ccccc3)Oc3ccccc3O2)cc1. The van der Waals surface area contributed by atoms with Crippen molar-refractivity contribution >= 4 is 10.6 Å². The minimum Gasteiger partial charge on any atom is -0.370 e. The molecular formula is C18H14O2S. The molecule has 0 aliphatic carbocycles. The predicted molar refractivity (Wildman–Crippen MR) is 84.7 cm³/mol.